The second-order valence-electron chi connectivity index (χ2n) is 6.05. The highest BCUT2D eigenvalue weighted by Gasteiger charge is 2.36. The van der Waals surface area contributed by atoms with Gasteiger partial charge in [0.05, 0.1) is 0 Å². The van der Waals surface area contributed by atoms with Crippen LogP contribution < -0.4 is 11.3 Å². The van der Waals surface area contributed by atoms with Crippen LogP contribution in [0.3, 0.4) is 0 Å². The molecule has 1 atom stereocenters. The first-order valence-electron chi connectivity index (χ1n) is 7.09. The normalized spacial score (nSPS) is 18.4. The van der Waals surface area contributed by atoms with Crippen molar-refractivity contribution in [3.63, 3.8) is 0 Å². The first kappa shape index (κ1) is 15.9. The van der Waals surface area contributed by atoms with Gasteiger partial charge in [0.15, 0.2) is 0 Å². The Labute approximate surface area is 128 Å². The topological polar surface area (TPSA) is 41.3 Å². The molecular weight excluding hydrogens is 321 g/mol. The van der Waals surface area contributed by atoms with Gasteiger partial charge in [-0.15, -0.1) is 0 Å². The number of nitrogens with zero attached hydrogens (tertiary/aromatic N) is 1. The number of hydrogen-bond acceptors (Lipinski definition) is 3. The number of halogens is 2. The molecule has 3 N–H and O–H groups in total. The van der Waals surface area contributed by atoms with E-state index in [1.54, 1.807) is 6.07 Å². The van der Waals surface area contributed by atoms with Crippen LogP contribution in [-0.4, -0.2) is 29.6 Å². The van der Waals surface area contributed by atoms with Gasteiger partial charge in [-0.05, 0) is 70.0 Å². The van der Waals surface area contributed by atoms with Crippen molar-refractivity contribution in [1.29, 1.82) is 0 Å². The highest BCUT2D eigenvalue weighted by atomic mass is 79.9. The van der Waals surface area contributed by atoms with E-state index in [-0.39, 0.29) is 17.4 Å². The van der Waals surface area contributed by atoms with Crippen LogP contribution in [0.25, 0.3) is 0 Å². The molecular formula is C15H23BrFN3. The molecule has 5 heteroatoms. The Morgan fingerprint density at radius 2 is 2.00 bits per heavy atom. The Balaban J connectivity index is 2.15. The Morgan fingerprint density at radius 1 is 1.35 bits per heavy atom. The molecule has 1 aromatic carbocycles. The van der Waals surface area contributed by atoms with E-state index in [4.69, 9.17) is 5.84 Å². The summed E-state index contributed by atoms with van der Waals surface area (Å²) in [7, 11) is 0. The number of benzene rings is 1. The molecule has 1 aliphatic heterocycles. The number of rotatable bonds is 5. The molecule has 112 valence electrons. The van der Waals surface area contributed by atoms with E-state index in [0.717, 1.165) is 23.1 Å². The van der Waals surface area contributed by atoms with Gasteiger partial charge in [0, 0.05) is 16.1 Å². The lowest BCUT2D eigenvalue weighted by atomic mass is 9.88. The van der Waals surface area contributed by atoms with Gasteiger partial charge in [-0.2, -0.15) is 0 Å². The van der Waals surface area contributed by atoms with Crippen molar-refractivity contribution >= 4 is 15.9 Å². The van der Waals surface area contributed by atoms with E-state index in [9.17, 15) is 4.39 Å². The number of likely N-dealkylation sites (tertiary alicyclic amines) is 1. The quantitative estimate of drug-likeness (QED) is 0.638. The largest absolute Gasteiger partial charge is 0.297 e. The van der Waals surface area contributed by atoms with Crippen molar-refractivity contribution in [3.8, 4) is 0 Å². The second kappa shape index (κ2) is 6.52. The predicted octanol–water partition coefficient (Wildman–Crippen LogP) is 2.84. The zero-order valence-corrected chi connectivity index (χ0v) is 13.7. The molecule has 1 saturated heterocycles. The molecule has 1 heterocycles. The maximum Gasteiger partial charge on any atom is 0.124 e. The van der Waals surface area contributed by atoms with Gasteiger partial charge in [0.25, 0.3) is 0 Å². The Hall–Kier alpha value is -0.490. The molecule has 0 amide bonds. The van der Waals surface area contributed by atoms with E-state index in [1.807, 2.05) is 6.07 Å². The molecule has 0 aromatic heterocycles. The summed E-state index contributed by atoms with van der Waals surface area (Å²) in [5, 5.41) is 0. The van der Waals surface area contributed by atoms with Crippen molar-refractivity contribution in [1.82, 2.24) is 10.3 Å². The van der Waals surface area contributed by atoms with Crippen LogP contribution in [-0.2, 0) is 6.42 Å². The van der Waals surface area contributed by atoms with E-state index >= 15 is 0 Å². The van der Waals surface area contributed by atoms with Gasteiger partial charge in [-0.1, -0.05) is 15.9 Å². The maximum atomic E-state index is 13.5. The first-order valence-corrected chi connectivity index (χ1v) is 7.89. The minimum absolute atomic E-state index is 0.0515. The van der Waals surface area contributed by atoms with Crippen molar-refractivity contribution in [2.24, 2.45) is 5.84 Å². The average molecular weight is 344 g/mol. The fraction of sp³-hybridized carbons (Fsp3) is 0.600. The van der Waals surface area contributed by atoms with Gasteiger partial charge in [-0.25, -0.2) is 4.39 Å². The molecule has 3 nitrogen and oxygen atoms in total. The summed E-state index contributed by atoms with van der Waals surface area (Å²) in [5.74, 6) is 5.55. The lowest BCUT2D eigenvalue weighted by molar-refractivity contribution is 0.106. The van der Waals surface area contributed by atoms with E-state index in [1.165, 1.54) is 18.9 Å². The SMILES string of the molecule is CC(C)(C(Cc1cc(F)cc(Br)c1)NN)N1CCCC1. The molecule has 0 radical (unpaired) electrons. The van der Waals surface area contributed by atoms with Crippen LogP contribution >= 0.6 is 15.9 Å². The zero-order chi connectivity index (χ0) is 14.8. The second-order valence-corrected chi connectivity index (χ2v) is 6.96. The molecule has 0 spiro atoms. The fourth-order valence-corrected chi connectivity index (χ4v) is 3.50. The molecule has 1 aliphatic rings. The van der Waals surface area contributed by atoms with E-state index < -0.39 is 0 Å². The highest BCUT2D eigenvalue weighted by Crippen LogP contribution is 2.27. The Morgan fingerprint density at radius 3 is 2.55 bits per heavy atom. The first-order chi connectivity index (χ1) is 9.43. The van der Waals surface area contributed by atoms with Gasteiger partial charge >= 0.3 is 0 Å². The molecule has 0 aliphatic carbocycles. The van der Waals surface area contributed by atoms with Crippen LogP contribution in [0.5, 0.6) is 0 Å². The zero-order valence-electron chi connectivity index (χ0n) is 12.1. The molecule has 2 rings (SSSR count). The Bertz CT molecular complexity index is 438. The van der Waals surface area contributed by atoms with Gasteiger partial charge in [0.1, 0.15) is 5.82 Å². The lowest BCUT2D eigenvalue weighted by Gasteiger charge is -2.42. The van der Waals surface area contributed by atoms with Crippen LogP contribution in [0, 0.1) is 5.82 Å². The minimum atomic E-state index is -0.218. The predicted molar refractivity (Wildman–Crippen MR) is 83.8 cm³/mol. The van der Waals surface area contributed by atoms with E-state index in [2.05, 4.69) is 40.1 Å². The standard InChI is InChI=1S/C15H23BrFN3/c1-15(2,20-5-3-4-6-20)14(19-18)9-11-7-12(16)10-13(17)8-11/h7-8,10,14,19H,3-6,9,18H2,1-2H3. The molecule has 1 fully saturated rings. The smallest absolute Gasteiger partial charge is 0.124 e. The van der Waals surface area contributed by atoms with Crippen molar-refractivity contribution < 1.29 is 4.39 Å². The summed E-state index contributed by atoms with van der Waals surface area (Å²) < 4.78 is 14.3. The van der Waals surface area contributed by atoms with Crippen LogP contribution in [0.1, 0.15) is 32.3 Å². The summed E-state index contributed by atoms with van der Waals surface area (Å²) in [4.78, 5) is 2.46. The highest BCUT2D eigenvalue weighted by molar-refractivity contribution is 9.10. The third kappa shape index (κ3) is 3.58. The summed E-state index contributed by atoms with van der Waals surface area (Å²) in [6, 6.07) is 5.08. The summed E-state index contributed by atoms with van der Waals surface area (Å²) in [6.45, 7) is 6.63. The number of nitrogens with one attached hydrogen (secondary N) is 1. The maximum absolute atomic E-state index is 13.5. The molecule has 0 bridgehead atoms. The third-order valence-electron chi connectivity index (χ3n) is 4.34. The van der Waals surface area contributed by atoms with Crippen molar-refractivity contribution in [2.75, 3.05) is 13.1 Å². The van der Waals surface area contributed by atoms with Gasteiger partial charge < -0.3 is 0 Å². The van der Waals surface area contributed by atoms with Gasteiger partial charge in [0.2, 0.25) is 0 Å². The minimum Gasteiger partial charge on any atom is -0.297 e. The van der Waals surface area contributed by atoms with E-state index in [0.29, 0.717) is 6.42 Å². The third-order valence-corrected chi connectivity index (χ3v) is 4.80. The number of hydrazine groups is 1. The monoisotopic (exact) mass is 343 g/mol. The molecule has 20 heavy (non-hydrogen) atoms. The molecule has 1 unspecified atom stereocenters. The van der Waals surface area contributed by atoms with Crippen molar-refractivity contribution in [2.45, 2.75) is 44.7 Å². The summed E-state index contributed by atoms with van der Waals surface area (Å²) in [5.41, 5.74) is 3.83. The summed E-state index contributed by atoms with van der Waals surface area (Å²) >= 11 is 3.34. The van der Waals surface area contributed by atoms with Crippen molar-refractivity contribution in [3.05, 3.63) is 34.1 Å². The fourth-order valence-electron chi connectivity index (χ4n) is 2.99. The Kier molecular flexibility index (Phi) is 5.18. The molecule has 0 saturated carbocycles. The van der Waals surface area contributed by atoms with Crippen LogP contribution in [0.15, 0.2) is 22.7 Å². The van der Waals surface area contributed by atoms with Gasteiger partial charge in [-0.3, -0.25) is 16.2 Å². The van der Waals surface area contributed by atoms with Crippen LogP contribution in [0.2, 0.25) is 0 Å². The van der Waals surface area contributed by atoms with Crippen LogP contribution in [0.4, 0.5) is 4.39 Å². The lowest BCUT2D eigenvalue weighted by Crippen LogP contribution is -2.59. The molecule has 1 aromatic rings. The summed E-state index contributed by atoms with van der Waals surface area (Å²) in [6.07, 6.45) is 3.19. The number of nitrogens with two attached hydrogens (primary N) is 1. The number of hydrogen-bond donors (Lipinski definition) is 2. The average Bonchev–Trinajstić information content (AvgIpc) is 2.89.